The van der Waals surface area contributed by atoms with Crippen LogP contribution in [0.3, 0.4) is 0 Å². The van der Waals surface area contributed by atoms with Crippen LogP contribution < -0.4 is 15.6 Å². The molecule has 0 bridgehead atoms. The minimum atomic E-state index is -0.0882. The third kappa shape index (κ3) is 3.71. The number of ether oxygens (including phenoxy) is 1. The molecule has 0 radical (unpaired) electrons. The Hall–Kier alpha value is -2.89. The van der Waals surface area contributed by atoms with Crippen LogP contribution >= 0.6 is 11.3 Å². The Balaban J connectivity index is 1.41. The van der Waals surface area contributed by atoms with E-state index in [9.17, 15) is 4.79 Å². The lowest BCUT2D eigenvalue weighted by Gasteiger charge is -2.09. The zero-order valence-corrected chi connectivity index (χ0v) is 16.9. The highest BCUT2D eigenvalue weighted by Crippen LogP contribution is 2.34. The Morgan fingerprint density at radius 3 is 2.83 bits per heavy atom. The van der Waals surface area contributed by atoms with Crippen molar-refractivity contribution < 1.29 is 4.74 Å². The summed E-state index contributed by atoms with van der Waals surface area (Å²) < 4.78 is 8.70. The summed E-state index contributed by atoms with van der Waals surface area (Å²) in [7, 11) is 0. The van der Waals surface area contributed by atoms with Crippen molar-refractivity contribution in [1.29, 1.82) is 0 Å². The van der Waals surface area contributed by atoms with Crippen LogP contribution in [0, 0.1) is 0 Å². The maximum atomic E-state index is 12.7. The molecule has 5 heteroatoms. The normalized spacial score (nSPS) is 13.8. The van der Waals surface area contributed by atoms with Gasteiger partial charge in [0.05, 0.1) is 5.69 Å². The van der Waals surface area contributed by atoms with E-state index in [0.717, 1.165) is 30.8 Å². The molecule has 0 atom stereocenters. The summed E-state index contributed by atoms with van der Waals surface area (Å²) in [5.41, 5.74) is 3.35. The number of nitrogens with zero attached hydrogens (tertiary/aromatic N) is 1. The molecule has 0 saturated carbocycles. The number of aryl methyl sites for hydroxylation is 1. The van der Waals surface area contributed by atoms with Gasteiger partial charge in [0.15, 0.2) is 0 Å². The van der Waals surface area contributed by atoms with Gasteiger partial charge in [-0.05, 0) is 54.1 Å². The van der Waals surface area contributed by atoms with E-state index in [1.807, 2.05) is 53.8 Å². The molecule has 4 nitrogen and oxygen atoms in total. The smallest absolute Gasteiger partial charge is 0.258 e. The summed E-state index contributed by atoms with van der Waals surface area (Å²) in [5.74, 6) is 0.588. The van der Waals surface area contributed by atoms with Gasteiger partial charge in [0.25, 0.3) is 5.56 Å². The van der Waals surface area contributed by atoms with E-state index in [2.05, 4.69) is 17.4 Å². The van der Waals surface area contributed by atoms with Gasteiger partial charge in [0.1, 0.15) is 12.4 Å². The van der Waals surface area contributed by atoms with Crippen molar-refractivity contribution >= 4 is 21.4 Å². The highest BCUT2D eigenvalue weighted by atomic mass is 32.1. The Morgan fingerprint density at radius 1 is 1.07 bits per heavy atom. The highest BCUT2D eigenvalue weighted by Gasteiger charge is 2.15. The first-order valence-corrected chi connectivity index (χ1v) is 10.7. The molecule has 1 aliphatic heterocycles. The Kier molecular flexibility index (Phi) is 4.92. The van der Waals surface area contributed by atoms with Crippen LogP contribution in [0.1, 0.15) is 22.4 Å². The van der Waals surface area contributed by atoms with E-state index in [0.29, 0.717) is 12.4 Å². The molecule has 3 heterocycles. The zero-order valence-electron chi connectivity index (χ0n) is 16.1. The first kappa shape index (κ1) is 18.2. The Labute approximate surface area is 173 Å². The fraction of sp³-hybridized carbons (Fsp3) is 0.208. The molecule has 0 aliphatic carbocycles. The van der Waals surface area contributed by atoms with Crippen molar-refractivity contribution in [3.8, 4) is 11.4 Å². The number of nitrogens with one attached hydrogen (secondary N) is 1. The fourth-order valence-corrected chi connectivity index (χ4v) is 5.11. The molecule has 4 aromatic rings. The third-order valence-electron chi connectivity index (χ3n) is 5.34. The number of thiophene rings is 1. The highest BCUT2D eigenvalue weighted by molar-refractivity contribution is 7.19. The standard InChI is InChI=1S/C24H22N2O2S/c27-24-14-19(28-16-17-5-2-1-3-6-17)10-12-26(24)18-8-9-21-20-7-4-11-25-15-23(20)29-22(21)13-18/h1-3,5-6,8-10,12-14,25H,4,7,11,15-16H2. The van der Waals surface area contributed by atoms with Gasteiger partial charge in [-0.25, -0.2) is 0 Å². The van der Waals surface area contributed by atoms with Crippen LogP contribution in [-0.4, -0.2) is 11.1 Å². The summed E-state index contributed by atoms with van der Waals surface area (Å²) in [6, 6.07) is 19.7. The van der Waals surface area contributed by atoms with Crippen LogP contribution in [0.4, 0.5) is 0 Å². The van der Waals surface area contributed by atoms with Gasteiger partial charge in [-0.3, -0.25) is 9.36 Å². The number of pyridine rings is 1. The number of aromatic nitrogens is 1. The largest absolute Gasteiger partial charge is 0.489 e. The zero-order chi connectivity index (χ0) is 19.6. The molecule has 2 aromatic heterocycles. The minimum absolute atomic E-state index is 0.0882. The van der Waals surface area contributed by atoms with E-state index >= 15 is 0 Å². The number of rotatable bonds is 4. The molecule has 0 unspecified atom stereocenters. The maximum absolute atomic E-state index is 12.7. The summed E-state index contributed by atoms with van der Waals surface area (Å²) in [6.07, 6.45) is 4.09. The van der Waals surface area contributed by atoms with Crippen molar-refractivity contribution in [3.63, 3.8) is 0 Å². The molecule has 5 rings (SSSR count). The van der Waals surface area contributed by atoms with Crippen LogP contribution in [0.15, 0.2) is 71.7 Å². The molecule has 29 heavy (non-hydrogen) atoms. The lowest BCUT2D eigenvalue weighted by molar-refractivity contribution is 0.305. The van der Waals surface area contributed by atoms with Crippen molar-refractivity contribution in [1.82, 2.24) is 9.88 Å². The van der Waals surface area contributed by atoms with Crippen molar-refractivity contribution in [2.75, 3.05) is 6.54 Å². The van der Waals surface area contributed by atoms with Gasteiger partial charge in [-0.2, -0.15) is 0 Å². The first-order valence-electron chi connectivity index (χ1n) is 9.93. The van der Waals surface area contributed by atoms with Crippen molar-refractivity contribution in [2.45, 2.75) is 26.0 Å². The van der Waals surface area contributed by atoms with Crippen LogP contribution in [0.5, 0.6) is 5.75 Å². The minimum Gasteiger partial charge on any atom is -0.489 e. The summed E-state index contributed by atoms with van der Waals surface area (Å²) >= 11 is 1.83. The monoisotopic (exact) mass is 402 g/mol. The van der Waals surface area contributed by atoms with Gasteiger partial charge in [-0.15, -0.1) is 11.3 Å². The van der Waals surface area contributed by atoms with Crippen LogP contribution in [0.25, 0.3) is 15.8 Å². The van der Waals surface area contributed by atoms with Gasteiger partial charge in [0, 0.05) is 28.4 Å². The van der Waals surface area contributed by atoms with Gasteiger partial charge >= 0.3 is 0 Å². The number of fused-ring (bicyclic) bond motifs is 3. The second-order valence-electron chi connectivity index (χ2n) is 7.31. The second-order valence-corrected chi connectivity index (χ2v) is 8.45. The van der Waals surface area contributed by atoms with Crippen LogP contribution in [0.2, 0.25) is 0 Å². The Bertz CT molecular complexity index is 1210. The van der Waals surface area contributed by atoms with Gasteiger partial charge in [-0.1, -0.05) is 36.4 Å². The van der Waals surface area contributed by atoms with Crippen molar-refractivity contribution in [3.05, 3.63) is 93.2 Å². The number of benzene rings is 2. The predicted molar refractivity (Wildman–Crippen MR) is 118 cm³/mol. The molecule has 0 spiro atoms. The molecule has 1 N–H and O–H groups in total. The SMILES string of the molecule is O=c1cc(OCc2ccccc2)ccn1-c1ccc2c3c(sc2c1)CNCCC3. The predicted octanol–water partition coefficient (Wildman–Crippen LogP) is 4.67. The van der Waals surface area contributed by atoms with Crippen molar-refractivity contribution in [2.24, 2.45) is 0 Å². The molecular formula is C24H22N2O2S. The number of hydrogen-bond acceptors (Lipinski definition) is 4. The third-order valence-corrected chi connectivity index (χ3v) is 6.54. The molecular weight excluding hydrogens is 380 g/mol. The molecule has 2 aromatic carbocycles. The van der Waals surface area contributed by atoms with E-state index in [-0.39, 0.29) is 5.56 Å². The molecule has 1 aliphatic rings. The molecule has 0 saturated heterocycles. The first-order chi connectivity index (χ1) is 14.3. The van der Waals surface area contributed by atoms with E-state index in [1.165, 1.54) is 26.9 Å². The second kappa shape index (κ2) is 7.85. The lowest BCUT2D eigenvalue weighted by atomic mass is 10.1. The average molecular weight is 403 g/mol. The van der Waals surface area contributed by atoms with E-state index in [1.54, 1.807) is 16.8 Å². The Morgan fingerprint density at radius 2 is 1.97 bits per heavy atom. The topological polar surface area (TPSA) is 43.3 Å². The summed E-state index contributed by atoms with van der Waals surface area (Å²) in [4.78, 5) is 14.1. The lowest BCUT2D eigenvalue weighted by Crippen LogP contribution is -2.16. The molecule has 0 amide bonds. The van der Waals surface area contributed by atoms with Gasteiger partial charge in [0.2, 0.25) is 0 Å². The average Bonchev–Trinajstić information content (AvgIpc) is 2.92. The van der Waals surface area contributed by atoms with Gasteiger partial charge < -0.3 is 10.1 Å². The fourth-order valence-electron chi connectivity index (χ4n) is 3.85. The summed E-state index contributed by atoms with van der Waals surface area (Å²) in [6.45, 7) is 2.47. The van der Waals surface area contributed by atoms with E-state index in [4.69, 9.17) is 4.74 Å². The summed E-state index contributed by atoms with van der Waals surface area (Å²) in [5, 5.41) is 4.82. The molecule has 0 fully saturated rings. The van der Waals surface area contributed by atoms with Crippen LogP contribution in [-0.2, 0) is 19.6 Å². The quantitative estimate of drug-likeness (QED) is 0.540. The maximum Gasteiger partial charge on any atom is 0.258 e. The van der Waals surface area contributed by atoms with E-state index < -0.39 is 0 Å². The molecule has 146 valence electrons. The number of hydrogen-bond donors (Lipinski definition) is 1.